The van der Waals surface area contributed by atoms with E-state index in [1.54, 1.807) is 19.1 Å². The Kier molecular flexibility index (Phi) is 8.59. The summed E-state index contributed by atoms with van der Waals surface area (Å²) in [5, 5.41) is 4.12. The van der Waals surface area contributed by atoms with Gasteiger partial charge in [-0.1, -0.05) is 49.0 Å². The molecule has 2 aromatic carbocycles. The van der Waals surface area contributed by atoms with Crippen LogP contribution in [0.1, 0.15) is 78.7 Å². The zero-order chi connectivity index (χ0) is 27.2. The van der Waals surface area contributed by atoms with E-state index in [0.29, 0.717) is 36.7 Å². The van der Waals surface area contributed by atoms with Crippen molar-refractivity contribution in [3.05, 3.63) is 76.9 Å². The van der Waals surface area contributed by atoms with Crippen molar-refractivity contribution in [3.8, 4) is 5.75 Å². The predicted molar refractivity (Wildman–Crippen MR) is 146 cm³/mol. The van der Waals surface area contributed by atoms with Crippen LogP contribution < -0.4 is 9.64 Å². The predicted octanol–water partition coefficient (Wildman–Crippen LogP) is 6.44. The van der Waals surface area contributed by atoms with Crippen molar-refractivity contribution >= 4 is 17.5 Å². The number of halogens is 1. The van der Waals surface area contributed by atoms with E-state index >= 15 is 0 Å². The zero-order valence-electron chi connectivity index (χ0n) is 22.5. The summed E-state index contributed by atoms with van der Waals surface area (Å²) in [6, 6.07) is 13.7. The summed E-state index contributed by atoms with van der Waals surface area (Å²) in [7, 11) is 0. The summed E-state index contributed by atoms with van der Waals surface area (Å²) in [6.07, 6.45) is 8.12. The number of aromatic nitrogens is 1. The van der Waals surface area contributed by atoms with Crippen LogP contribution in [-0.4, -0.2) is 35.0 Å². The standard InChI is InChI=1S/C31H36FN3O4/c1-22-27(21-38-26-16-14-25(32)15-17-26)29(33-39-22)31(37)34-18-8-4-2-3-5-9-19-35(30(36)23-12-13-23)28-11-7-6-10-24(28)20-34/h6-7,10-11,14-17,23H,2-5,8-9,12-13,18-21H2,1H3. The summed E-state index contributed by atoms with van der Waals surface area (Å²) >= 11 is 0. The number of para-hydroxylation sites is 1. The van der Waals surface area contributed by atoms with E-state index in [0.717, 1.165) is 62.6 Å². The van der Waals surface area contributed by atoms with Crippen LogP contribution in [-0.2, 0) is 17.9 Å². The maximum atomic E-state index is 13.9. The first-order valence-corrected chi connectivity index (χ1v) is 14.0. The molecule has 0 saturated heterocycles. The summed E-state index contributed by atoms with van der Waals surface area (Å²) in [5.41, 5.74) is 2.64. The van der Waals surface area contributed by atoms with Gasteiger partial charge in [-0.3, -0.25) is 9.59 Å². The molecule has 206 valence electrons. The highest BCUT2D eigenvalue weighted by molar-refractivity contribution is 5.97. The van der Waals surface area contributed by atoms with Gasteiger partial charge in [0.1, 0.15) is 23.9 Å². The minimum atomic E-state index is -0.344. The van der Waals surface area contributed by atoms with Gasteiger partial charge >= 0.3 is 0 Å². The lowest BCUT2D eigenvalue weighted by Crippen LogP contribution is -2.36. The van der Waals surface area contributed by atoms with E-state index < -0.39 is 0 Å². The van der Waals surface area contributed by atoms with Gasteiger partial charge in [-0.2, -0.15) is 0 Å². The summed E-state index contributed by atoms with van der Waals surface area (Å²) < 4.78 is 24.6. The van der Waals surface area contributed by atoms with Crippen LogP contribution in [0.2, 0.25) is 0 Å². The molecule has 2 heterocycles. The third-order valence-corrected chi connectivity index (χ3v) is 7.57. The summed E-state index contributed by atoms with van der Waals surface area (Å²) in [6.45, 7) is 3.48. The Labute approximate surface area is 228 Å². The molecule has 7 nitrogen and oxygen atoms in total. The first kappa shape index (κ1) is 26.9. The van der Waals surface area contributed by atoms with Crippen LogP contribution in [0.5, 0.6) is 5.75 Å². The quantitative estimate of drug-likeness (QED) is 0.377. The number of ether oxygens (including phenoxy) is 1. The number of carbonyl (C=O) groups excluding carboxylic acids is 2. The molecular formula is C31H36FN3O4. The highest BCUT2D eigenvalue weighted by Crippen LogP contribution is 2.34. The molecule has 3 aromatic rings. The Morgan fingerprint density at radius 1 is 0.974 bits per heavy atom. The third-order valence-electron chi connectivity index (χ3n) is 7.57. The minimum Gasteiger partial charge on any atom is -0.489 e. The lowest BCUT2D eigenvalue weighted by Gasteiger charge is -2.28. The second-order valence-corrected chi connectivity index (χ2v) is 10.5. The number of carbonyl (C=O) groups is 2. The number of aryl methyl sites for hydroxylation is 1. The van der Waals surface area contributed by atoms with Crippen LogP contribution >= 0.6 is 0 Å². The Balaban J connectivity index is 1.41. The van der Waals surface area contributed by atoms with Gasteiger partial charge in [0.15, 0.2) is 5.69 Å². The molecule has 0 bridgehead atoms. The second-order valence-electron chi connectivity index (χ2n) is 10.5. The van der Waals surface area contributed by atoms with Crippen LogP contribution in [0, 0.1) is 18.7 Å². The van der Waals surface area contributed by atoms with Gasteiger partial charge in [-0.05, 0) is 68.5 Å². The number of rotatable bonds is 5. The van der Waals surface area contributed by atoms with Crippen LogP contribution in [0.15, 0.2) is 53.1 Å². The maximum Gasteiger partial charge on any atom is 0.276 e. The molecule has 5 rings (SSSR count). The fourth-order valence-electron chi connectivity index (χ4n) is 5.11. The highest BCUT2D eigenvalue weighted by Gasteiger charge is 2.35. The number of benzene rings is 2. The average molecular weight is 534 g/mol. The van der Waals surface area contributed by atoms with Crippen LogP contribution in [0.4, 0.5) is 10.1 Å². The topological polar surface area (TPSA) is 75.9 Å². The Hall–Kier alpha value is -3.68. The van der Waals surface area contributed by atoms with Crippen LogP contribution in [0.25, 0.3) is 0 Å². The van der Waals surface area contributed by atoms with Crippen molar-refractivity contribution in [3.63, 3.8) is 0 Å². The van der Waals surface area contributed by atoms with E-state index in [4.69, 9.17) is 9.26 Å². The molecule has 39 heavy (non-hydrogen) atoms. The van der Waals surface area contributed by atoms with Gasteiger partial charge in [-0.15, -0.1) is 0 Å². The molecule has 0 unspecified atom stereocenters. The lowest BCUT2D eigenvalue weighted by molar-refractivity contribution is -0.119. The number of hydrogen-bond donors (Lipinski definition) is 0. The molecule has 8 heteroatoms. The molecule has 0 N–H and O–H groups in total. The molecule has 2 aliphatic rings. The first-order chi connectivity index (χ1) is 19.0. The van der Waals surface area contributed by atoms with Crippen molar-refractivity contribution < 1.29 is 23.2 Å². The van der Waals surface area contributed by atoms with Gasteiger partial charge in [0.05, 0.1) is 5.56 Å². The molecule has 1 aromatic heterocycles. The minimum absolute atomic E-state index is 0.0795. The fraction of sp³-hybridized carbons (Fsp3) is 0.452. The number of hydrogen-bond acceptors (Lipinski definition) is 5. The molecule has 1 aliphatic carbocycles. The van der Waals surface area contributed by atoms with Crippen LogP contribution in [0.3, 0.4) is 0 Å². The van der Waals surface area contributed by atoms with Gasteiger partial charge in [0.25, 0.3) is 5.91 Å². The molecule has 1 saturated carbocycles. The van der Waals surface area contributed by atoms with Gasteiger partial charge in [-0.25, -0.2) is 4.39 Å². The number of nitrogens with zero attached hydrogens (tertiary/aromatic N) is 3. The SMILES string of the molecule is Cc1onc(C(=O)N2CCCCCCCCN(C(=O)C3CC3)c3ccccc3C2)c1COc1ccc(F)cc1. The molecule has 0 spiro atoms. The van der Waals surface area contributed by atoms with Crippen molar-refractivity contribution in [2.24, 2.45) is 5.92 Å². The van der Waals surface area contributed by atoms with E-state index in [2.05, 4.69) is 5.16 Å². The Bertz CT molecular complexity index is 1290. The van der Waals surface area contributed by atoms with E-state index in [1.807, 2.05) is 34.1 Å². The number of fused-ring (bicyclic) bond motifs is 1. The smallest absolute Gasteiger partial charge is 0.276 e. The summed E-state index contributed by atoms with van der Waals surface area (Å²) in [5.74, 6) is 0.744. The zero-order valence-corrected chi connectivity index (χ0v) is 22.5. The third kappa shape index (κ3) is 6.67. The fourth-order valence-corrected chi connectivity index (χ4v) is 5.11. The molecule has 0 atom stereocenters. The first-order valence-electron chi connectivity index (χ1n) is 14.0. The maximum absolute atomic E-state index is 13.9. The summed E-state index contributed by atoms with van der Waals surface area (Å²) in [4.78, 5) is 31.0. The Morgan fingerprint density at radius 3 is 2.41 bits per heavy atom. The van der Waals surface area contributed by atoms with E-state index in [1.165, 1.54) is 12.1 Å². The number of anilines is 1. The second kappa shape index (κ2) is 12.5. The van der Waals surface area contributed by atoms with Crippen molar-refractivity contribution in [2.45, 2.75) is 71.4 Å². The normalized spacial score (nSPS) is 17.0. The van der Waals surface area contributed by atoms with E-state index in [9.17, 15) is 14.0 Å². The molecule has 1 fully saturated rings. The molecule has 0 radical (unpaired) electrons. The van der Waals surface area contributed by atoms with Crippen molar-refractivity contribution in [1.29, 1.82) is 0 Å². The number of amides is 2. The monoisotopic (exact) mass is 533 g/mol. The molecule has 1 aliphatic heterocycles. The van der Waals surface area contributed by atoms with E-state index in [-0.39, 0.29) is 35.9 Å². The highest BCUT2D eigenvalue weighted by atomic mass is 19.1. The largest absolute Gasteiger partial charge is 0.489 e. The van der Waals surface area contributed by atoms with Crippen molar-refractivity contribution in [2.75, 3.05) is 18.0 Å². The van der Waals surface area contributed by atoms with Gasteiger partial charge in [0, 0.05) is 31.2 Å². The average Bonchev–Trinajstić information content (AvgIpc) is 3.73. The lowest BCUT2D eigenvalue weighted by atomic mass is 10.1. The van der Waals surface area contributed by atoms with Gasteiger partial charge in [0.2, 0.25) is 5.91 Å². The van der Waals surface area contributed by atoms with Gasteiger partial charge < -0.3 is 19.1 Å². The van der Waals surface area contributed by atoms with Crippen molar-refractivity contribution in [1.82, 2.24) is 10.1 Å². The molecule has 2 amide bonds. The Morgan fingerprint density at radius 2 is 1.67 bits per heavy atom. The molecular weight excluding hydrogens is 497 g/mol.